The molecule has 4 nitrogen and oxygen atoms in total. The minimum atomic E-state index is -4.58. The van der Waals surface area contributed by atoms with Crippen molar-refractivity contribution >= 4 is 27.5 Å². The zero-order valence-corrected chi connectivity index (χ0v) is 15.3. The zero-order chi connectivity index (χ0) is 19.8. The van der Waals surface area contributed by atoms with Crippen molar-refractivity contribution in [3.8, 4) is 0 Å². The number of rotatable bonds is 4. The smallest absolute Gasteiger partial charge is 0.273 e. The summed E-state index contributed by atoms with van der Waals surface area (Å²) in [6.45, 7) is 3.04. The first kappa shape index (κ1) is 20.3. The first-order valence-electron chi connectivity index (χ1n) is 7.34. The average molecular weight is 406 g/mol. The third kappa shape index (κ3) is 4.37. The van der Waals surface area contributed by atoms with E-state index in [0.29, 0.717) is 22.7 Å². The molecule has 0 aromatic heterocycles. The molecule has 0 spiro atoms. The Kier molecular flexibility index (Phi) is 5.39. The van der Waals surface area contributed by atoms with Crippen molar-refractivity contribution in [2.45, 2.75) is 30.3 Å². The summed E-state index contributed by atoms with van der Waals surface area (Å²) in [7, 11) is -4.31. The van der Waals surface area contributed by atoms with Crippen LogP contribution in [0.15, 0.2) is 53.4 Å². The van der Waals surface area contributed by atoms with Crippen LogP contribution in [0, 0.1) is 0 Å². The highest BCUT2D eigenvalue weighted by molar-refractivity contribution is 7.90. The molecule has 9 heteroatoms. The number of amides is 1. The zero-order valence-electron chi connectivity index (χ0n) is 13.8. The Bertz CT molecular complexity index is 906. The molecule has 0 radical (unpaired) electrons. The fourth-order valence-corrected chi connectivity index (χ4v) is 3.37. The molecular formula is C17H15ClF3NO3S. The predicted octanol–water partition coefficient (Wildman–Crippen LogP) is 4.14. The van der Waals surface area contributed by atoms with Crippen LogP contribution in [-0.4, -0.2) is 14.3 Å². The molecule has 0 unspecified atom stereocenters. The Labute approximate surface area is 154 Å². The number of carbonyl (C=O) groups is 1. The lowest BCUT2D eigenvalue weighted by atomic mass is 9.84. The Morgan fingerprint density at radius 2 is 1.38 bits per heavy atom. The summed E-state index contributed by atoms with van der Waals surface area (Å²) in [4.78, 5) is 12.0. The Balaban J connectivity index is 2.25. The maximum atomic E-state index is 12.6. The monoisotopic (exact) mass is 405 g/mol. The van der Waals surface area contributed by atoms with Gasteiger partial charge in [0.2, 0.25) is 5.91 Å². The average Bonchev–Trinajstić information content (AvgIpc) is 2.54. The summed E-state index contributed by atoms with van der Waals surface area (Å²) in [5.41, 5.74) is -1.66. The number of alkyl halides is 3. The topological polar surface area (TPSA) is 63.2 Å². The maximum absolute atomic E-state index is 12.6. The number of sulfonamides is 1. The second kappa shape index (κ2) is 6.92. The molecule has 0 aliphatic heterocycles. The predicted molar refractivity (Wildman–Crippen MR) is 91.3 cm³/mol. The molecule has 0 atom stereocenters. The van der Waals surface area contributed by atoms with Gasteiger partial charge in [-0.25, -0.2) is 13.1 Å². The van der Waals surface area contributed by atoms with Crippen LogP contribution in [0.3, 0.4) is 0 Å². The summed E-state index contributed by atoms with van der Waals surface area (Å²) in [5.74, 6) is -0.820. The molecule has 0 aliphatic rings. The van der Waals surface area contributed by atoms with Crippen LogP contribution in [0.25, 0.3) is 0 Å². The van der Waals surface area contributed by atoms with E-state index in [1.165, 1.54) is 13.8 Å². The molecule has 2 aromatic rings. The minimum absolute atomic E-state index is 0.439. The molecule has 2 rings (SSSR count). The van der Waals surface area contributed by atoms with Crippen LogP contribution in [0.2, 0.25) is 5.02 Å². The van der Waals surface area contributed by atoms with Crippen LogP contribution >= 0.6 is 11.6 Å². The number of nitrogens with one attached hydrogen (secondary N) is 1. The molecule has 1 N–H and O–H groups in total. The molecule has 2 aromatic carbocycles. The normalized spacial score (nSPS) is 12.7. The standard InChI is InChI=1S/C17H15ClF3NO3S/c1-16(2,11-3-7-13(18)8-4-11)15(23)22-26(24,25)14-9-5-12(6-10-14)17(19,20)21/h3-10H,1-2H3,(H,22,23). The highest BCUT2D eigenvalue weighted by atomic mass is 35.5. The van der Waals surface area contributed by atoms with Gasteiger partial charge in [-0.15, -0.1) is 0 Å². The molecule has 0 bridgehead atoms. The van der Waals surface area contributed by atoms with E-state index in [2.05, 4.69) is 0 Å². The number of benzene rings is 2. The van der Waals surface area contributed by atoms with Crippen LogP contribution in [0.5, 0.6) is 0 Å². The first-order chi connectivity index (χ1) is 11.8. The van der Waals surface area contributed by atoms with Gasteiger partial charge in [0.1, 0.15) is 0 Å². The SMILES string of the molecule is CC(C)(C(=O)NS(=O)(=O)c1ccc(C(F)(F)F)cc1)c1ccc(Cl)cc1. The van der Waals surface area contributed by atoms with Crippen LogP contribution in [0.1, 0.15) is 25.0 Å². The number of hydrogen-bond donors (Lipinski definition) is 1. The van der Waals surface area contributed by atoms with E-state index in [4.69, 9.17) is 11.6 Å². The number of carbonyl (C=O) groups excluding carboxylic acids is 1. The van der Waals surface area contributed by atoms with E-state index in [1.54, 1.807) is 24.3 Å². The quantitative estimate of drug-likeness (QED) is 0.831. The van der Waals surface area contributed by atoms with Gasteiger partial charge in [0.05, 0.1) is 15.9 Å². The van der Waals surface area contributed by atoms with E-state index in [9.17, 15) is 26.4 Å². The number of hydrogen-bond acceptors (Lipinski definition) is 3. The van der Waals surface area contributed by atoms with Crippen molar-refractivity contribution in [1.29, 1.82) is 0 Å². The van der Waals surface area contributed by atoms with Gasteiger partial charge in [-0.3, -0.25) is 4.79 Å². The summed E-state index contributed by atoms with van der Waals surface area (Å²) in [6.07, 6.45) is -4.58. The molecule has 0 fully saturated rings. The van der Waals surface area contributed by atoms with Gasteiger partial charge in [-0.2, -0.15) is 13.2 Å². The van der Waals surface area contributed by atoms with E-state index in [-0.39, 0.29) is 0 Å². The molecule has 26 heavy (non-hydrogen) atoms. The van der Waals surface area contributed by atoms with Crippen LogP contribution in [-0.2, 0) is 26.4 Å². The molecule has 0 aliphatic carbocycles. The van der Waals surface area contributed by atoms with E-state index >= 15 is 0 Å². The van der Waals surface area contributed by atoms with Crippen molar-refractivity contribution in [2.24, 2.45) is 0 Å². The van der Waals surface area contributed by atoms with Crippen molar-refractivity contribution in [3.05, 3.63) is 64.7 Å². The maximum Gasteiger partial charge on any atom is 0.416 e. The lowest BCUT2D eigenvalue weighted by Crippen LogP contribution is -2.43. The minimum Gasteiger partial charge on any atom is -0.273 e. The van der Waals surface area contributed by atoms with Crippen molar-refractivity contribution in [3.63, 3.8) is 0 Å². The summed E-state index contributed by atoms with van der Waals surface area (Å²) >= 11 is 5.80. The lowest BCUT2D eigenvalue weighted by Gasteiger charge is -2.24. The molecule has 1 amide bonds. The Hall–Kier alpha value is -2.06. The molecular weight excluding hydrogens is 391 g/mol. The fraction of sp³-hybridized carbons (Fsp3) is 0.235. The lowest BCUT2D eigenvalue weighted by molar-refractivity contribution is -0.137. The Morgan fingerprint density at radius 3 is 1.85 bits per heavy atom. The van der Waals surface area contributed by atoms with Crippen molar-refractivity contribution in [1.82, 2.24) is 4.72 Å². The Morgan fingerprint density at radius 1 is 0.923 bits per heavy atom. The highest BCUT2D eigenvalue weighted by Crippen LogP contribution is 2.30. The molecule has 0 saturated heterocycles. The second-order valence-electron chi connectivity index (χ2n) is 6.09. The third-order valence-corrected chi connectivity index (χ3v) is 5.45. The van der Waals surface area contributed by atoms with Crippen molar-refractivity contribution in [2.75, 3.05) is 0 Å². The van der Waals surface area contributed by atoms with Gasteiger partial charge in [0, 0.05) is 5.02 Å². The largest absolute Gasteiger partial charge is 0.416 e. The highest BCUT2D eigenvalue weighted by Gasteiger charge is 2.34. The van der Waals surface area contributed by atoms with E-state index < -0.39 is 38.0 Å². The van der Waals surface area contributed by atoms with E-state index in [1.807, 2.05) is 4.72 Å². The van der Waals surface area contributed by atoms with Crippen LogP contribution in [0.4, 0.5) is 13.2 Å². The summed E-state index contributed by atoms with van der Waals surface area (Å²) in [6, 6.07) is 9.19. The van der Waals surface area contributed by atoms with Gasteiger partial charge >= 0.3 is 6.18 Å². The third-order valence-electron chi connectivity index (χ3n) is 3.85. The fourth-order valence-electron chi connectivity index (χ4n) is 2.13. The molecule has 140 valence electrons. The second-order valence-corrected chi connectivity index (χ2v) is 8.21. The summed E-state index contributed by atoms with van der Waals surface area (Å²) in [5, 5.41) is 0.460. The molecule has 0 saturated carbocycles. The van der Waals surface area contributed by atoms with Crippen molar-refractivity contribution < 1.29 is 26.4 Å². The van der Waals surface area contributed by atoms with E-state index in [0.717, 1.165) is 12.1 Å². The summed E-state index contributed by atoms with van der Waals surface area (Å²) < 4.78 is 64.2. The first-order valence-corrected chi connectivity index (χ1v) is 9.21. The van der Waals surface area contributed by atoms with Gasteiger partial charge in [0.15, 0.2) is 0 Å². The van der Waals surface area contributed by atoms with Gasteiger partial charge in [-0.05, 0) is 55.8 Å². The van der Waals surface area contributed by atoms with Gasteiger partial charge in [0.25, 0.3) is 10.0 Å². The van der Waals surface area contributed by atoms with Gasteiger partial charge in [-0.1, -0.05) is 23.7 Å². The molecule has 0 heterocycles. The number of halogens is 4. The van der Waals surface area contributed by atoms with Crippen LogP contribution < -0.4 is 4.72 Å². The van der Waals surface area contributed by atoms with Gasteiger partial charge < -0.3 is 0 Å².